The Morgan fingerprint density at radius 3 is 1.79 bits per heavy atom. The molecule has 136 valence electrons. The summed E-state index contributed by atoms with van der Waals surface area (Å²) in [5.41, 5.74) is 0. The van der Waals surface area contributed by atoms with Crippen molar-refractivity contribution in [3.05, 3.63) is 0 Å². The Labute approximate surface area is 137 Å². The van der Waals surface area contributed by atoms with E-state index in [0.717, 1.165) is 27.7 Å². The van der Waals surface area contributed by atoms with E-state index in [0.29, 0.717) is 0 Å². The molecule has 0 aliphatic carbocycles. The standard InChI is InChI=1S/C14H19FO9/c1-6(16)20-5-10-12(21-7(2)17)13(22-8(3)18)11(15)14(24-10)23-9(4)19/h10-14H,5H2,1-4H3/t10-,11-,12+,13-,14-/m1/s1. The van der Waals surface area contributed by atoms with Gasteiger partial charge in [0.15, 0.2) is 12.2 Å². The Morgan fingerprint density at radius 1 is 0.833 bits per heavy atom. The van der Waals surface area contributed by atoms with Gasteiger partial charge in [0.25, 0.3) is 0 Å². The number of carbonyl (C=O) groups excluding carboxylic acids is 4. The van der Waals surface area contributed by atoms with Gasteiger partial charge < -0.3 is 23.7 Å². The molecule has 0 aromatic carbocycles. The Bertz CT molecular complexity index is 490. The number of hydrogen-bond donors (Lipinski definition) is 0. The molecule has 0 aromatic heterocycles. The predicted molar refractivity (Wildman–Crippen MR) is 73.1 cm³/mol. The minimum absolute atomic E-state index is 0.421. The van der Waals surface area contributed by atoms with Gasteiger partial charge in [0.1, 0.15) is 12.7 Å². The fourth-order valence-electron chi connectivity index (χ4n) is 2.12. The summed E-state index contributed by atoms with van der Waals surface area (Å²) < 4.78 is 39.0. The van der Waals surface area contributed by atoms with Crippen LogP contribution in [0.4, 0.5) is 4.39 Å². The molecule has 0 bridgehead atoms. The monoisotopic (exact) mass is 350 g/mol. The van der Waals surface area contributed by atoms with E-state index in [1.54, 1.807) is 0 Å². The Balaban J connectivity index is 3.08. The highest BCUT2D eigenvalue weighted by Gasteiger charge is 2.52. The Morgan fingerprint density at radius 2 is 1.33 bits per heavy atom. The van der Waals surface area contributed by atoms with Crippen molar-refractivity contribution >= 4 is 23.9 Å². The van der Waals surface area contributed by atoms with E-state index >= 15 is 0 Å². The second kappa shape index (κ2) is 8.57. The highest BCUT2D eigenvalue weighted by Crippen LogP contribution is 2.29. The van der Waals surface area contributed by atoms with E-state index in [1.165, 1.54) is 0 Å². The largest absolute Gasteiger partial charge is 0.463 e. The van der Waals surface area contributed by atoms with Gasteiger partial charge in [0.05, 0.1) is 0 Å². The van der Waals surface area contributed by atoms with Crippen LogP contribution in [0.1, 0.15) is 27.7 Å². The first-order valence-corrected chi connectivity index (χ1v) is 7.06. The fourth-order valence-corrected chi connectivity index (χ4v) is 2.12. The number of carbonyl (C=O) groups is 4. The summed E-state index contributed by atoms with van der Waals surface area (Å²) in [6.45, 7) is 3.86. The Hall–Kier alpha value is -2.23. The average molecular weight is 350 g/mol. The van der Waals surface area contributed by atoms with Gasteiger partial charge in [-0.2, -0.15) is 0 Å². The molecule has 0 unspecified atom stereocenters. The second-order valence-corrected chi connectivity index (χ2v) is 5.05. The molecule has 1 fully saturated rings. The van der Waals surface area contributed by atoms with Crippen molar-refractivity contribution in [1.29, 1.82) is 0 Å². The molecule has 0 N–H and O–H groups in total. The lowest BCUT2D eigenvalue weighted by atomic mass is 9.99. The molecule has 0 amide bonds. The van der Waals surface area contributed by atoms with E-state index in [9.17, 15) is 23.6 Å². The van der Waals surface area contributed by atoms with E-state index < -0.39 is 61.3 Å². The number of rotatable bonds is 5. The smallest absolute Gasteiger partial charge is 0.305 e. The zero-order valence-corrected chi connectivity index (χ0v) is 13.6. The minimum atomic E-state index is -2.10. The molecule has 0 saturated carbocycles. The van der Waals surface area contributed by atoms with Crippen LogP contribution in [-0.4, -0.2) is 61.3 Å². The van der Waals surface area contributed by atoms with Gasteiger partial charge >= 0.3 is 23.9 Å². The maximum atomic E-state index is 14.5. The molecule has 5 atom stereocenters. The molecule has 0 aromatic rings. The lowest BCUT2D eigenvalue weighted by molar-refractivity contribution is -0.284. The summed E-state index contributed by atoms with van der Waals surface area (Å²) in [6.07, 6.45) is -7.98. The molecule has 10 heteroatoms. The molecule has 9 nitrogen and oxygen atoms in total. The van der Waals surface area contributed by atoms with Crippen molar-refractivity contribution < 1.29 is 47.3 Å². The molecule has 0 spiro atoms. The van der Waals surface area contributed by atoms with Crippen LogP contribution >= 0.6 is 0 Å². The number of alkyl halides is 1. The van der Waals surface area contributed by atoms with E-state index in [4.69, 9.17) is 23.7 Å². The van der Waals surface area contributed by atoms with Gasteiger partial charge in [-0.05, 0) is 0 Å². The van der Waals surface area contributed by atoms with Crippen LogP contribution in [-0.2, 0) is 42.9 Å². The van der Waals surface area contributed by atoms with Crippen LogP contribution in [0.15, 0.2) is 0 Å². The number of hydrogen-bond acceptors (Lipinski definition) is 9. The second-order valence-electron chi connectivity index (χ2n) is 5.05. The molecule has 24 heavy (non-hydrogen) atoms. The van der Waals surface area contributed by atoms with Crippen LogP contribution in [0, 0.1) is 0 Å². The van der Waals surface area contributed by atoms with E-state index in [1.807, 2.05) is 0 Å². The van der Waals surface area contributed by atoms with Crippen molar-refractivity contribution in [2.45, 2.75) is 58.5 Å². The summed E-state index contributed by atoms with van der Waals surface area (Å²) in [6, 6.07) is 0. The van der Waals surface area contributed by atoms with Gasteiger partial charge in [-0.3, -0.25) is 19.2 Å². The lowest BCUT2D eigenvalue weighted by Crippen LogP contribution is -2.60. The zero-order valence-electron chi connectivity index (χ0n) is 13.6. The van der Waals surface area contributed by atoms with Gasteiger partial charge in [-0.1, -0.05) is 0 Å². The third kappa shape index (κ3) is 5.76. The molecule has 1 aliphatic heterocycles. The van der Waals surface area contributed by atoms with E-state index in [-0.39, 0.29) is 0 Å². The van der Waals surface area contributed by atoms with E-state index in [2.05, 4.69) is 0 Å². The van der Waals surface area contributed by atoms with Crippen molar-refractivity contribution in [1.82, 2.24) is 0 Å². The van der Waals surface area contributed by atoms with Gasteiger partial charge in [-0.25, -0.2) is 4.39 Å². The average Bonchev–Trinajstić information content (AvgIpc) is 2.42. The summed E-state index contributed by atoms with van der Waals surface area (Å²) in [5, 5.41) is 0. The highest BCUT2D eigenvalue weighted by molar-refractivity contribution is 5.68. The lowest BCUT2D eigenvalue weighted by Gasteiger charge is -2.41. The summed E-state index contributed by atoms with van der Waals surface area (Å²) in [4.78, 5) is 44.5. The molecule has 0 radical (unpaired) electrons. The number of halogens is 1. The first-order chi connectivity index (χ1) is 11.1. The fraction of sp³-hybridized carbons (Fsp3) is 0.714. The molecule has 1 saturated heterocycles. The minimum Gasteiger partial charge on any atom is -0.463 e. The first-order valence-electron chi connectivity index (χ1n) is 7.06. The number of ether oxygens (including phenoxy) is 5. The summed E-state index contributed by atoms with van der Waals surface area (Å²) >= 11 is 0. The molecular weight excluding hydrogens is 331 g/mol. The number of esters is 4. The molecule has 1 heterocycles. The Kier molecular flexibility index (Phi) is 7.08. The molecule has 1 aliphatic rings. The highest BCUT2D eigenvalue weighted by atomic mass is 19.1. The first kappa shape index (κ1) is 19.8. The van der Waals surface area contributed by atoms with Crippen LogP contribution in [0.3, 0.4) is 0 Å². The quantitative estimate of drug-likeness (QED) is 0.500. The van der Waals surface area contributed by atoms with Crippen molar-refractivity contribution in [3.63, 3.8) is 0 Å². The topological polar surface area (TPSA) is 114 Å². The summed E-state index contributed by atoms with van der Waals surface area (Å²) in [7, 11) is 0. The maximum Gasteiger partial charge on any atom is 0.305 e. The summed E-state index contributed by atoms with van der Waals surface area (Å²) in [5.74, 6) is -3.11. The maximum absolute atomic E-state index is 14.5. The third-order valence-corrected chi connectivity index (χ3v) is 2.91. The third-order valence-electron chi connectivity index (χ3n) is 2.91. The van der Waals surface area contributed by atoms with Crippen LogP contribution < -0.4 is 0 Å². The van der Waals surface area contributed by atoms with Crippen LogP contribution in [0.25, 0.3) is 0 Å². The van der Waals surface area contributed by atoms with Crippen molar-refractivity contribution in [3.8, 4) is 0 Å². The van der Waals surface area contributed by atoms with Gasteiger partial charge in [0.2, 0.25) is 12.5 Å². The van der Waals surface area contributed by atoms with Crippen molar-refractivity contribution in [2.75, 3.05) is 6.61 Å². The SMILES string of the molecule is CC(=O)OC[C@H]1O[C@@H](OC(C)=O)[C@H](F)[C@@H](OC(C)=O)[C@H]1OC(C)=O. The van der Waals surface area contributed by atoms with Crippen molar-refractivity contribution in [2.24, 2.45) is 0 Å². The van der Waals surface area contributed by atoms with Crippen LogP contribution in [0.2, 0.25) is 0 Å². The van der Waals surface area contributed by atoms with Gasteiger partial charge in [-0.15, -0.1) is 0 Å². The normalized spacial score (nSPS) is 29.3. The van der Waals surface area contributed by atoms with Gasteiger partial charge in [0, 0.05) is 27.7 Å². The predicted octanol–water partition coefficient (Wildman–Crippen LogP) is 0.0390. The zero-order chi connectivity index (χ0) is 18.4. The molecular formula is C14H19FO9. The van der Waals surface area contributed by atoms with Crippen LogP contribution in [0.5, 0.6) is 0 Å². The molecule has 1 rings (SSSR count).